The zero-order valence-corrected chi connectivity index (χ0v) is 22.0. The minimum absolute atomic E-state index is 0.0496. The number of carbonyl (C=O) groups excluding carboxylic acids is 2. The Hall–Kier alpha value is -3.28. The molecular formula is C30H38N2O4. The van der Waals surface area contributed by atoms with E-state index in [9.17, 15) is 9.59 Å². The smallest absolute Gasteiger partial charge is 0.258 e. The van der Waals surface area contributed by atoms with E-state index >= 15 is 0 Å². The average molecular weight is 491 g/mol. The van der Waals surface area contributed by atoms with Crippen LogP contribution in [0.15, 0.2) is 46.9 Å². The fourth-order valence-electron chi connectivity index (χ4n) is 5.06. The summed E-state index contributed by atoms with van der Waals surface area (Å²) in [6.45, 7) is 7.80. The van der Waals surface area contributed by atoms with Gasteiger partial charge in [0.25, 0.3) is 5.91 Å². The number of amides is 2. The molecule has 2 amide bonds. The van der Waals surface area contributed by atoms with Crippen LogP contribution in [-0.2, 0) is 11.3 Å². The summed E-state index contributed by atoms with van der Waals surface area (Å²) in [5.74, 6) is 1.69. The zero-order valence-electron chi connectivity index (χ0n) is 22.0. The fraction of sp³-hybridized carbons (Fsp3) is 0.467. The molecule has 1 aliphatic rings. The molecule has 1 aliphatic heterocycles. The SMILES string of the molecule is COc1ccc2oc(C)c(C(=O)N3CCCCCCCN(C(=O)CC(C)C)c4ccccc4C3)c2c1. The lowest BCUT2D eigenvalue weighted by atomic mass is 10.0. The number of aryl methyl sites for hydroxylation is 1. The summed E-state index contributed by atoms with van der Waals surface area (Å²) in [6.07, 6.45) is 5.68. The van der Waals surface area contributed by atoms with Crippen molar-refractivity contribution in [2.75, 3.05) is 25.1 Å². The number of benzene rings is 2. The van der Waals surface area contributed by atoms with E-state index in [4.69, 9.17) is 9.15 Å². The molecule has 3 aromatic rings. The first kappa shape index (κ1) is 25.8. The molecule has 6 heteroatoms. The first-order chi connectivity index (χ1) is 17.4. The van der Waals surface area contributed by atoms with Crippen LogP contribution in [0.2, 0.25) is 0 Å². The second-order valence-corrected chi connectivity index (χ2v) is 10.2. The van der Waals surface area contributed by atoms with Gasteiger partial charge in [-0.25, -0.2) is 0 Å². The van der Waals surface area contributed by atoms with E-state index in [0.717, 1.165) is 48.7 Å². The summed E-state index contributed by atoms with van der Waals surface area (Å²) in [6, 6.07) is 13.6. The normalized spacial score (nSPS) is 15.4. The van der Waals surface area contributed by atoms with Crippen LogP contribution < -0.4 is 9.64 Å². The van der Waals surface area contributed by atoms with Crippen LogP contribution >= 0.6 is 0 Å². The van der Waals surface area contributed by atoms with Gasteiger partial charge in [0.1, 0.15) is 17.1 Å². The van der Waals surface area contributed by atoms with Crippen molar-refractivity contribution in [1.29, 1.82) is 0 Å². The maximum atomic E-state index is 14.0. The molecule has 192 valence electrons. The third-order valence-corrected chi connectivity index (χ3v) is 6.91. The van der Waals surface area contributed by atoms with E-state index in [1.165, 1.54) is 0 Å². The largest absolute Gasteiger partial charge is 0.497 e. The number of fused-ring (bicyclic) bond motifs is 2. The topological polar surface area (TPSA) is 63.0 Å². The van der Waals surface area contributed by atoms with Gasteiger partial charge < -0.3 is 19.0 Å². The third kappa shape index (κ3) is 5.75. The molecule has 0 spiro atoms. The highest BCUT2D eigenvalue weighted by atomic mass is 16.5. The van der Waals surface area contributed by atoms with Crippen LogP contribution in [0.5, 0.6) is 5.75 Å². The molecule has 0 unspecified atom stereocenters. The summed E-state index contributed by atoms with van der Waals surface area (Å²) in [7, 11) is 1.62. The first-order valence-electron chi connectivity index (χ1n) is 13.1. The van der Waals surface area contributed by atoms with E-state index in [0.29, 0.717) is 54.6 Å². The predicted octanol–water partition coefficient (Wildman–Crippen LogP) is 6.74. The van der Waals surface area contributed by atoms with Gasteiger partial charge >= 0.3 is 0 Å². The Kier molecular flexibility index (Phi) is 8.34. The molecule has 6 nitrogen and oxygen atoms in total. The van der Waals surface area contributed by atoms with E-state index in [1.54, 1.807) is 7.11 Å². The van der Waals surface area contributed by atoms with Gasteiger partial charge in [-0.3, -0.25) is 9.59 Å². The zero-order chi connectivity index (χ0) is 25.7. The Balaban J connectivity index is 1.72. The Morgan fingerprint density at radius 1 is 1.00 bits per heavy atom. The summed E-state index contributed by atoms with van der Waals surface area (Å²) in [4.78, 5) is 31.2. The molecule has 4 rings (SSSR count). The van der Waals surface area contributed by atoms with Gasteiger partial charge in [0.2, 0.25) is 5.91 Å². The monoisotopic (exact) mass is 490 g/mol. The Morgan fingerprint density at radius 2 is 1.72 bits per heavy atom. The molecule has 0 N–H and O–H groups in total. The van der Waals surface area contributed by atoms with Gasteiger partial charge in [0, 0.05) is 37.1 Å². The quantitative estimate of drug-likeness (QED) is 0.406. The van der Waals surface area contributed by atoms with Crippen LogP contribution in [0.25, 0.3) is 11.0 Å². The molecular weight excluding hydrogens is 452 g/mol. The average Bonchev–Trinajstić information content (AvgIpc) is 3.18. The third-order valence-electron chi connectivity index (χ3n) is 6.91. The van der Waals surface area contributed by atoms with Crippen LogP contribution in [0, 0.1) is 12.8 Å². The van der Waals surface area contributed by atoms with Crippen LogP contribution in [0.1, 0.15) is 74.1 Å². The van der Waals surface area contributed by atoms with Gasteiger partial charge in [-0.15, -0.1) is 0 Å². The fourth-order valence-corrected chi connectivity index (χ4v) is 5.06. The maximum Gasteiger partial charge on any atom is 0.258 e. The number of anilines is 1. The minimum Gasteiger partial charge on any atom is -0.497 e. The van der Waals surface area contributed by atoms with Crippen molar-refractivity contribution >= 4 is 28.5 Å². The van der Waals surface area contributed by atoms with E-state index < -0.39 is 0 Å². The predicted molar refractivity (Wildman–Crippen MR) is 144 cm³/mol. The molecule has 1 aromatic heterocycles. The van der Waals surface area contributed by atoms with Crippen LogP contribution in [0.4, 0.5) is 5.69 Å². The highest BCUT2D eigenvalue weighted by Crippen LogP contribution is 2.32. The van der Waals surface area contributed by atoms with Crippen molar-refractivity contribution in [3.05, 3.63) is 59.4 Å². The molecule has 0 atom stereocenters. The molecule has 36 heavy (non-hydrogen) atoms. The second kappa shape index (κ2) is 11.6. The van der Waals surface area contributed by atoms with Crippen molar-refractivity contribution in [3.63, 3.8) is 0 Å². The second-order valence-electron chi connectivity index (χ2n) is 10.2. The number of nitrogens with zero attached hydrogens (tertiary/aromatic N) is 2. The number of hydrogen-bond donors (Lipinski definition) is 0. The van der Waals surface area contributed by atoms with Gasteiger partial charge in [-0.2, -0.15) is 0 Å². The summed E-state index contributed by atoms with van der Waals surface area (Å²) in [5.41, 5.74) is 3.17. The molecule has 0 radical (unpaired) electrons. The highest BCUT2D eigenvalue weighted by molar-refractivity contribution is 6.07. The van der Waals surface area contributed by atoms with Crippen molar-refractivity contribution in [1.82, 2.24) is 4.90 Å². The van der Waals surface area contributed by atoms with Crippen molar-refractivity contribution < 1.29 is 18.7 Å². The number of hydrogen-bond acceptors (Lipinski definition) is 4. The summed E-state index contributed by atoms with van der Waals surface area (Å²) < 4.78 is 11.4. The van der Waals surface area contributed by atoms with Gasteiger partial charge in [-0.1, -0.05) is 51.3 Å². The lowest BCUT2D eigenvalue weighted by molar-refractivity contribution is -0.119. The van der Waals surface area contributed by atoms with Crippen molar-refractivity contribution in [3.8, 4) is 5.75 Å². The van der Waals surface area contributed by atoms with E-state index in [2.05, 4.69) is 13.8 Å². The summed E-state index contributed by atoms with van der Waals surface area (Å²) in [5, 5.41) is 0.769. The van der Waals surface area contributed by atoms with Crippen LogP contribution in [0.3, 0.4) is 0 Å². The molecule has 0 aliphatic carbocycles. The van der Waals surface area contributed by atoms with E-state index in [1.807, 2.05) is 59.2 Å². The van der Waals surface area contributed by atoms with Crippen molar-refractivity contribution in [2.24, 2.45) is 5.92 Å². The number of furan rings is 1. The molecule has 0 bridgehead atoms. The van der Waals surface area contributed by atoms with Gasteiger partial charge in [-0.05, 0) is 55.5 Å². The number of para-hydroxylation sites is 1. The molecule has 0 saturated carbocycles. The van der Waals surface area contributed by atoms with E-state index in [-0.39, 0.29) is 11.8 Å². The van der Waals surface area contributed by atoms with Crippen LogP contribution in [-0.4, -0.2) is 36.9 Å². The molecule has 2 heterocycles. The highest BCUT2D eigenvalue weighted by Gasteiger charge is 2.26. The number of rotatable bonds is 4. The van der Waals surface area contributed by atoms with Gasteiger partial charge in [0.05, 0.1) is 12.7 Å². The first-order valence-corrected chi connectivity index (χ1v) is 13.1. The maximum absolute atomic E-state index is 14.0. The lowest BCUT2D eigenvalue weighted by Crippen LogP contribution is -2.36. The number of ether oxygens (including phenoxy) is 1. The Morgan fingerprint density at radius 3 is 2.47 bits per heavy atom. The Bertz CT molecular complexity index is 1210. The van der Waals surface area contributed by atoms with Crippen molar-refractivity contribution in [2.45, 2.75) is 65.8 Å². The minimum atomic E-state index is -0.0496. The Labute approximate surface area is 214 Å². The number of methoxy groups -OCH3 is 1. The summed E-state index contributed by atoms with van der Waals surface area (Å²) >= 11 is 0. The number of carbonyl (C=O) groups is 2. The molecule has 0 saturated heterocycles. The molecule has 0 fully saturated rings. The lowest BCUT2D eigenvalue weighted by Gasteiger charge is -2.30. The molecule has 2 aromatic carbocycles. The van der Waals surface area contributed by atoms with Gasteiger partial charge in [0.15, 0.2) is 0 Å². The standard InChI is InChI=1S/C30H38N2O4/c1-21(2)18-28(33)32-17-11-7-5-6-10-16-31(20-23-12-8-9-13-26(23)32)30(34)29-22(3)36-27-15-14-24(35-4)19-25(27)29/h8-9,12-15,19,21H,5-7,10-11,16-18,20H2,1-4H3.